The highest BCUT2D eigenvalue weighted by Crippen LogP contribution is 2.32. The summed E-state index contributed by atoms with van der Waals surface area (Å²) < 4.78 is 8.67. The summed E-state index contributed by atoms with van der Waals surface area (Å²) in [6.07, 6.45) is 4.08. The molecule has 0 unspecified atom stereocenters. The highest BCUT2D eigenvalue weighted by Gasteiger charge is 2.25. The van der Waals surface area contributed by atoms with E-state index < -0.39 is 4.92 Å². The first-order chi connectivity index (χ1) is 13.5. The molecule has 28 heavy (non-hydrogen) atoms. The molecule has 1 heterocycles. The summed E-state index contributed by atoms with van der Waals surface area (Å²) in [4.78, 5) is 24.1. The van der Waals surface area contributed by atoms with Crippen LogP contribution in [0.25, 0.3) is 11.0 Å². The predicted octanol–water partition coefficient (Wildman–Crippen LogP) is 4.54. The zero-order chi connectivity index (χ0) is 19.8. The van der Waals surface area contributed by atoms with Gasteiger partial charge in [-0.2, -0.15) is 0 Å². The number of nitro benzene ring substituents is 1. The lowest BCUT2D eigenvalue weighted by Crippen LogP contribution is -2.27. The third-order valence-corrected chi connectivity index (χ3v) is 5.72. The summed E-state index contributed by atoms with van der Waals surface area (Å²) in [5, 5.41) is 11.8. The van der Waals surface area contributed by atoms with E-state index in [0.717, 1.165) is 36.8 Å². The second-order valence-corrected chi connectivity index (χ2v) is 7.48. The molecule has 3 aromatic rings. The molecule has 0 atom stereocenters. The Bertz CT molecular complexity index is 1110. The van der Waals surface area contributed by atoms with Gasteiger partial charge in [-0.05, 0) is 36.6 Å². The van der Waals surface area contributed by atoms with Crippen LogP contribution in [0.3, 0.4) is 0 Å². The number of hydrogen-bond donors (Lipinski definition) is 0. The van der Waals surface area contributed by atoms with E-state index in [-0.39, 0.29) is 24.0 Å². The van der Waals surface area contributed by atoms with Crippen molar-refractivity contribution in [1.82, 2.24) is 9.13 Å². The summed E-state index contributed by atoms with van der Waals surface area (Å²) in [6, 6.07) is 10.1. The number of rotatable bonds is 5. The normalized spacial score (nSPS) is 14.6. The molecule has 1 fully saturated rings. The Labute approximate surface area is 166 Å². The van der Waals surface area contributed by atoms with Crippen LogP contribution in [0.4, 0.5) is 5.69 Å². The second-order valence-electron chi connectivity index (χ2n) is 7.08. The Hall–Kier alpha value is -2.80. The van der Waals surface area contributed by atoms with E-state index in [1.54, 1.807) is 27.3 Å². The minimum absolute atomic E-state index is 0.0292. The van der Waals surface area contributed by atoms with Gasteiger partial charge in [-0.1, -0.05) is 30.5 Å². The highest BCUT2D eigenvalue weighted by molar-refractivity contribution is 6.32. The number of methoxy groups -OCH3 is 1. The van der Waals surface area contributed by atoms with Crippen molar-refractivity contribution in [2.75, 3.05) is 7.11 Å². The van der Waals surface area contributed by atoms with Crippen LogP contribution in [0, 0.1) is 10.1 Å². The van der Waals surface area contributed by atoms with E-state index in [2.05, 4.69) is 0 Å². The molecule has 146 valence electrons. The number of hydrogen-bond acceptors (Lipinski definition) is 4. The van der Waals surface area contributed by atoms with Gasteiger partial charge in [0.25, 0.3) is 5.69 Å². The van der Waals surface area contributed by atoms with Crippen LogP contribution in [0.15, 0.2) is 41.2 Å². The van der Waals surface area contributed by atoms with Crippen molar-refractivity contribution in [3.05, 3.63) is 67.6 Å². The molecule has 0 radical (unpaired) electrons. The third kappa shape index (κ3) is 3.16. The van der Waals surface area contributed by atoms with E-state index in [9.17, 15) is 14.9 Å². The molecule has 0 amide bonds. The van der Waals surface area contributed by atoms with Crippen LogP contribution in [-0.4, -0.2) is 21.2 Å². The van der Waals surface area contributed by atoms with Crippen LogP contribution in [-0.2, 0) is 6.54 Å². The van der Waals surface area contributed by atoms with E-state index in [1.165, 1.54) is 19.2 Å². The van der Waals surface area contributed by atoms with E-state index in [4.69, 9.17) is 16.3 Å². The molecule has 1 aromatic heterocycles. The van der Waals surface area contributed by atoms with Gasteiger partial charge in [0.15, 0.2) is 0 Å². The van der Waals surface area contributed by atoms with Crippen LogP contribution in [0.2, 0.25) is 5.02 Å². The molecule has 1 aliphatic rings. The monoisotopic (exact) mass is 401 g/mol. The van der Waals surface area contributed by atoms with Crippen LogP contribution in [0.1, 0.15) is 37.3 Å². The summed E-state index contributed by atoms with van der Waals surface area (Å²) in [6.45, 7) is 0.281. The summed E-state index contributed by atoms with van der Waals surface area (Å²) in [7, 11) is 1.53. The summed E-state index contributed by atoms with van der Waals surface area (Å²) in [5.41, 5.74) is 1.97. The lowest BCUT2D eigenvalue weighted by molar-refractivity contribution is -0.384. The van der Waals surface area contributed by atoms with Crippen molar-refractivity contribution < 1.29 is 9.66 Å². The number of imidazole rings is 1. The first kappa shape index (κ1) is 18.6. The van der Waals surface area contributed by atoms with Gasteiger partial charge < -0.3 is 4.74 Å². The van der Waals surface area contributed by atoms with Gasteiger partial charge in [0.05, 0.1) is 34.6 Å². The van der Waals surface area contributed by atoms with Crippen molar-refractivity contribution in [2.24, 2.45) is 0 Å². The van der Waals surface area contributed by atoms with Crippen molar-refractivity contribution in [1.29, 1.82) is 0 Å². The summed E-state index contributed by atoms with van der Waals surface area (Å²) in [5.74, 6) is 0.526. The van der Waals surface area contributed by atoms with Gasteiger partial charge in [-0.25, -0.2) is 4.79 Å². The Morgan fingerprint density at radius 3 is 2.61 bits per heavy atom. The number of nitrogens with zero attached hydrogens (tertiary/aromatic N) is 3. The number of non-ortho nitro benzene ring substituents is 1. The fraction of sp³-hybridized carbons (Fsp3) is 0.350. The number of aromatic nitrogens is 2. The standard InChI is InChI=1S/C20H20ClN3O4/c1-28-19-10-13(6-8-16(19)21)12-22-18-11-15(24(26)27)7-9-17(18)23(20(22)25)14-4-2-3-5-14/h6-11,14H,2-5,12H2,1H3. The molecule has 1 aliphatic carbocycles. The molecule has 7 nitrogen and oxygen atoms in total. The Morgan fingerprint density at radius 2 is 1.93 bits per heavy atom. The van der Waals surface area contributed by atoms with E-state index in [0.29, 0.717) is 16.3 Å². The van der Waals surface area contributed by atoms with E-state index >= 15 is 0 Å². The lowest BCUT2D eigenvalue weighted by Gasteiger charge is -2.11. The van der Waals surface area contributed by atoms with Gasteiger partial charge in [0, 0.05) is 18.2 Å². The van der Waals surface area contributed by atoms with Crippen LogP contribution < -0.4 is 10.4 Å². The largest absolute Gasteiger partial charge is 0.495 e. The van der Waals surface area contributed by atoms with Gasteiger partial charge in [-0.15, -0.1) is 0 Å². The predicted molar refractivity (Wildman–Crippen MR) is 107 cm³/mol. The van der Waals surface area contributed by atoms with Gasteiger partial charge >= 0.3 is 5.69 Å². The number of nitro groups is 1. The minimum Gasteiger partial charge on any atom is -0.495 e. The van der Waals surface area contributed by atoms with Gasteiger partial charge in [0.2, 0.25) is 0 Å². The maximum atomic E-state index is 13.3. The topological polar surface area (TPSA) is 79.3 Å². The number of ether oxygens (including phenoxy) is 1. The van der Waals surface area contributed by atoms with Crippen LogP contribution >= 0.6 is 11.6 Å². The Morgan fingerprint density at radius 1 is 1.18 bits per heavy atom. The molecule has 8 heteroatoms. The fourth-order valence-electron chi connectivity index (χ4n) is 4.03. The van der Waals surface area contributed by atoms with Crippen molar-refractivity contribution in [3.8, 4) is 5.75 Å². The molecule has 0 spiro atoms. The zero-order valence-electron chi connectivity index (χ0n) is 15.4. The fourth-order valence-corrected chi connectivity index (χ4v) is 4.23. The quantitative estimate of drug-likeness (QED) is 0.464. The third-order valence-electron chi connectivity index (χ3n) is 5.40. The van der Waals surface area contributed by atoms with Crippen molar-refractivity contribution >= 4 is 28.3 Å². The average Bonchev–Trinajstić information content (AvgIpc) is 3.29. The molecular weight excluding hydrogens is 382 g/mol. The molecular formula is C20H20ClN3O4. The molecule has 0 aliphatic heterocycles. The van der Waals surface area contributed by atoms with Crippen molar-refractivity contribution in [3.63, 3.8) is 0 Å². The number of benzene rings is 2. The molecule has 0 N–H and O–H groups in total. The molecule has 0 bridgehead atoms. The van der Waals surface area contributed by atoms with Gasteiger partial charge in [-0.3, -0.25) is 19.2 Å². The first-order valence-electron chi connectivity index (χ1n) is 9.21. The average molecular weight is 402 g/mol. The maximum Gasteiger partial charge on any atom is 0.329 e. The van der Waals surface area contributed by atoms with Crippen LogP contribution in [0.5, 0.6) is 5.75 Å². The lowest BCUT2D eigenvalue weighted by atomic mass is 10.2. The highest BCUT2D eigenvalue weighted by atomic mass is 35.5. The molecule has 4 rings (SSSR count). The first-order valence-corrected chi connectivity index (χ1v) is 9.59. The molecule has 1 saturated carbocycles. The Kier molecular flexibility index (Phi) is 4.85. The molecule has 2 aromatic carbocycles. The maximum absolute atomic E-state index is 13.3. The molecule has 0 saturated heterocycles. The van der Waals surface area contributed by atoms with Gasteiger partial charge in [0.1, 0.15) is 5.75 Å². The number of halogens is 1. The second kappa shape index (κ2) is 7.31. The zero-order valence-corrected chi connectivity index (χ0v) is 16.2. The van der Waals surface area contributed by atoms with E-state index in [1.807, 2.05) is 6.07 Å². The number of fused-ring (bicyclic) bond motifs is 1. The minimum atomic E-state index is -0.438. The smallest absolute Gasteiger partial charge is 0.329 e. The Balaban J connectivity index is 1.88. The SMILES string of the molecule is COc1cc(Cn2c(=O)n(C3CCCC3)c3ccc([N+](=O)[O-])cc32)ccc1Cl. The summed E-state index contributed by atoms with van der Waals surface area (Å²) >= 11 is 6.10. The van der Waals surface area contributed by atoms with Crippen molar-refractivity contribution in [2.45, 2.75) is 38.3 Å².